The summed E-state index contributed by atoms with van der Waals surface area (Å²) >= 11 is 0. The Kier molecular flexibility index (Phi) is 2.73. The average molecular weight is 210 g/mol. The Morgan fingerprint density at radius 3 is 3.00 bits per heavy atom. The fraction of sp³-hybridized carbons (Fsp3) is 0.600. The highest BCUT2D eigenvalue weighted by Crippen LogP contribution is 2.22. The Morgan fingerprint density at radius 2 is 2.47 bits per heavy atom. The van der Waals surface area contributed by atoms with Gasteiger partial charge in [-0.3, -0.25) is 0 Å². The van der Waals surface area contributed by atoms with E-state index in [0.29, 0.717) is 5.69 Å². The fourth-order valence-corrected chi connectivity index (χ4v) is 1.77. The number of carbonyl (C=O) groups is 1. The molecule has 1 fully saturated rings. The van der Waals surface area contributed by atoms with Crippen LogP contribution in [0.1, 0.15) is 41.5 Å². The summed E-state index contributed by atoms with van der Waals surface area (Å²) in [4.78, 5) is 10.8. The van der Waals surface area contributed by atoms with E-state index in [4.69, 9.17) is 9.84 Å². The lowest BCUT2D eigenvalue weighted by atomic mass is 10.2. The van der Waals surface area contributed by atoms with Crippen LogP contribution in [0.25, 0.3) is 0 Å². The van der Waals surface area contributed by atoms with Crippen LogP contribution >= 0.6 is 0 Å². The minimum Gasteiger partial charge on any atom is -0.478 e. The molecule has 0 spiro atoms. The molecule has 1 atom stereocenters. The maximum absolute atomic E-state index is 10.8. The zero-order valence-corrected chi connectivity index (χ0v) is 8.64. The van der Waals surface area contributed by atoms with Crippen molar-refractivity contribution in [2.75, 3.05) is 6.61 Å². The number of aromatic carboxylic acids is 1. The number of nitrogens with zero attached hydrogens (tertiary/aromatic N) is 2. The Morgan fingerprint density at radius 1 is 1.67 bits per heavy atom. The molecular formula is C10H14N2O3. The van der Waals surface area contributed by atoms with Crippen molar-refractivity contribution in [3.8, 4) is 0 Å². The third-order valence-electron chi connectivity index (χ3n) is 2.60. The molecule has 0 aliphatic carbocycles. The number of ether oxygens (including phenoxy) is 1. The van der Waals surface area contributed by atoms with Gasteiger partial charge in [0.15, 0.2) is 0 Å². The molecule has 0 radical (unpaired) electrons. The monoisotopic (exact) mass is 210 g/mol. The average Bonchev–Trinajstić information content (AvgIpc) is 2.62. The van der Waals surface area contributed by atoms with Crippen molar-refractivity contribution in [3.63, 3.8) is 0 Å². The van der Waals surface area contributed by atoms with Gasteiger partial charge in [-0.1, -0.05) is 0 Å². The predicted octanol–water partition coefficient (Wildman–Crippen LogP) is 1.59. The molecule has 1 aliphatic rings. The quantitative estimate of drug-likeness (QED) is 0.805. The second-order valence-electron chi connectivity index (χ2n) is 3.73. The van der Waals surface area contributed by atoms with Gasteiger partial charge in [-0.05, 0) is 26.2 Å². The van der Waals surface area contributed by atoms with Crippen LogP contribution in [0, 0.1) is 6.92 Å². The number of carboxylic acids is 1. The molecule has 0 aromatic carbocycles. The van der Waals surface area contributed by atoms with Crippen molar-refractivity contribution in [1.82, 2.24) is 9.78 Å². The largest absolute Gasteiger partial charge is 0.478 e. The lowest BCUT2D eigenvalue weighted by molar-refractivity contribution is -0.0396. The van der Waals surface area contributed by atoms with Crippen LogP contribution in [-0.2, 0) is 4.74 Å². The van der Waals surface area contributed by atoms with E-state index in [2.05, 4.69) is 5.10 Å². The summed E-state index contributed by atoms with van der Waals surface area (Å²) in [5.41, 5.74) is 0.792. The zero-order valence-electron chi connectivity index (χ0n) is 8.64. The van der Waals surface area contributed by atoms with Crippen LogP contribution in [0.15, 0.2) is 6.20 Å². The van der Waals surface area contributed by atoms with E-state index in [1.165, 1.54) is 0 Å². The summed E-state index contributed by atoms with van der Waals surface area (Å²) < 4.78 is 7.14. The van der Waals surface area contributed by atoms with E-state index in [9.17, 15) is 4.79 Å². The van der Waals surface area contributed by atoms with E-state index >= 15 is 0 Å². The van der Waals surface area contributed by atoms with Crippen molar-refractivity contribution in [2.45, 2.75) is 32.4 Å². The van der Waals surface area contributed by atoms with Gasteiger partial charge >= 0.3 is 5.97 Å². The smallest absolute Gasteiger partial charge is 0.339 e. The molecule has 2 rings (SSSR count). The highest BCUT2D eigenvalue weighted by atomic mass is 16.5. The minimum absolute atomic E-state index is 0.0921. The van der Waals surface area contributed by atoms with Crippen molar-refractivity contribution < 1.29 is 14.6 Å². The highest BCUT2D eigenvalue weighted by molar-refractivity contribution is 5.88. The summed E-state index contributed by atoms with van der Waals surface area (Å²) in [6, 6.07) is 0. The standard InChI is InChI=1S/C10H14N2O3/c1-7-8(10(13)14)6-12(11-7)9-4-2-3-5-15-9/h6,9H,2-5H2,1H3,(H,13,14)/t9-/m1/s1. The Bertz CT molecular complexity index is 367. The van der Waals surface area contributed by atoms with Gasteiger partial charge in [0.2, 0.25) is 0 Å². The first-order valence-electron chi connectivity index (χ1n) is 5.09. The van der Waals surface area contributed by atoms with Crippen LogP contribution in [0.3, 0.4) is 0 Å². The fourth-order valence-electron chi connectivity index (χ4n) is 1.77. The molecule has 1 aromatic rings. The molecule has 1 aromatic heterocycles. The molecule has 82 valence electrons. The SMILES string of the molecule is Cc1nn([C@H]2CCCCO2)cc1C(=O)O. The number of aryl methyl sites for hydroxylation is 1. The first-order valence-corrected chi connectivity index (χ1v) is 5.09. The summed E-state index contributed by atoms with van der Waals surface area (Å²) in [5.74, 6) is -0.936. The van der Waals surface area contributed by atoms with Crippen molar-refractivity contribution in [1.29, 1.82) is 0 Å². The van der Waals surface area contributed by atoms with Crippen molar-refractivity contribution in [3.05, 3.63) is 17.5 Å². The predicted molar refractivity (Wildman–Crippen MR) is 52.8 cm³/mol. The highest BCUT2D eigenvalue weighted by Gasteiger charge is 2.19. The molecule has 5 nitrogen and oxygen atoms in total. The Hall–Kier alpha value is -1.36. The van der Waals surface area contributed by atoms with Gasteiger partial charge in [0.05, 0.1) is 5.69 Å². The molecule has 5 heteroatoms. The van der Waals surface area contributed by atoms with Crippen molar-refractivity contribution in [2.24, 2.45) is 0 Å². The molecule has 1 saturated heterocycles. The van der Waals surface area contributed by atoms with Crippen LogP contribution in [-0.4, -0.2) is 27.5 Å². The van der Waals surface area contributed by atoms with Crippen LogP contribution < -0.4 is 0 Å². The molecule has 0 bridgehead atoms. The van der Waals surface area contributed by atoms with E-state index in [1.807, 2.05) is 0 Å². The molecule has 15 heavy (non-hydrogen) atoms. The molecule has 0 unspecified atom stereocenters. The van der Waals surface area contributed by atoms with E-state index < -0.39 is 5.97 Å². The summed E-state index contributed by atoms with van der Waals surface area (Å²) in [5, 5.41) is 13.0. The van der Waals surface area contributed by atoms with Crippen LogP contribution in [0.2, 0.25) is 0 Å². The maximum atomic E-state index is 10.8. The number of hydrogen-bond donors (Lipinski definition) is 1. The molecule has 2 heterocycles. The first kappa shape index (κ1) is 10.2. The van der Waals surface area contributed by atoms with Gasteiger partial charge in [0.1, 0.15) is 11.8 Å². The van der Waals surface area contributed by atoms with Crippen molar-refractivity contribution >= 4 is 5.97 Å². The van der Waals surface area contributed by atoms with Crippen LogP contribution in [0.5, 0.6) is 0 Å². The normalized spacial score (nSPS) is 21.5. The second-order valence-corrected chi connectivity index (χ2v) is 3.73. The molecule has 0 amide bonds. The van der Waals surface area contributed by atoms with E-state index in [-0.39, 0.29) is 11.8 Å². The Labute approximate surface area is 87.7 Å². The van der Waals surface area contributed by atoms with E-state index in [0.717, 1.165) is 25.9 Å². The molecule has 0 saturated carbocycles. The maximum Gasteiger partial charge on any atom is 0.339 e. The van der Waals surface area contributed by atoms with Gasteiger partial charge in [0, 0.05) is 12.8 Å². The van der Waals surface area contributed by atoms with Crippen LogP contribution in [0.4, 0.5) is 0 Å². The second kappa shape index (κ2) is 4.02. The first-order chi connectivity index (χ1) is 7.18. The van der Waals surface area contributed by atoms with Gasteiger partial charge in [-0.25, -0.2) is 9.48 Å². The number of rotatable bonds is 2. The minimum atomic E-state index is -0.936. The third kappa shape index (κ3) is 2.02. The zero-order chi connectivity index (χ0) is 10.8. The summed E-state index contributed by atoms with van der Waals surface area (Å²) in [6.07, 6.45) is 4.54. The van der Waals surface area contributed by atoms with Gasteiger partial charge in [-0.15, -0.1) is 0 Å². The lowest BCUT2D eigenvalue weighted by Crippen LogP contribution is -2.18. The van der Waals surface area contributed by atoms with Gasteiger partial charge in [-0.2, -0.15) is 5.10 Å². The van der Waals surface area contributed by atoms with Gasteiger partial charge in [0.25, 0.3) is 0 Å². The number of aromatic nitrogens is 2. The van der Waals surface area contributed by atoms with Gasteiger partial charge < -0.3 is 9.84 Å². The molecular weight excluding hydrogens is 196 g/mol. The topological polar surface area (TPSA) is 64.4 Å². The van der Waals surface area contributed by atoms with E-state index in [1.54, 1.807) is 17.8 Å². The third-order valence-corrected chi connectivity index (χ3v) is 2.60. The summed E-state index contributed by atoms with van der Waals surface area (Å²) in [6.45, 7) is 2.43. The number of carboxylic acid groups (broad SMARTS) is 1. The number of hydrogen-bond acceptors (Lipinski definition) is 3. The lowest BCUT2D eigenvalue weighted by Gasteiger charge is -2.22. The Balaban J connectivity index is 2.21. The summed E-state index contributed by atoms with van der Waals surface area (Å²) in [7, 11) is 0. The molecule has 1 aliphatic heterocycles. The molecule has 1 N–H and O–H groups in total.